The minimum absolute atomic E-state index is 0.110. The summed E-state index contributed by atoms with van der Waals surface area (Å²) in [5, 5.41) is 10.9. The Morgan fingerprint density at radius 3 is 2.58 bits per heavy atom. The van der Waals surface area contributed by atoms with Gasteiger partial charge in [0.25, 0.3) is 10.0 Å². The van der Waals surface area contributed by atoms with Gasteiger partial charge in [-0.2, -0.15) is 4.72 Å². The predicted molar refractivity (Wildman–Crippen MR) is 72.6 cm³/mol. The Kier molecular flexibility index (Phi) is 4.59. The fourth-order valence-corrected chi connectivity index (χ4v) is 4.72. The Morgan fingerprint density at radius 2 is 2.05 bits per heavy atom. The Hall–Kier alpha value is -0.920. The summed E-state index contributed by atoms with van der Waals surface area (Å²) in [6.07, 6.45) is 4.57. The van der Waals surface area contributed by atoms with E-state index in [0.717, 1.165) is 43.4 Å². The van der Waals surface area contributed by atoms with Crippen LogP contribution in [0.1, 0.15) is 32.1 Å². The largest absolute Gasteiger partial charge is 0.480 e. The minimum Gasteiger partial charge on any atom is -0.480 e. The fourth-order valence-electron chi connectivity index (χ4n) is 2.46. The van der Waals surface area contributed by atoms with Crippen LogP contribution in [-0.4, -0.2) is 25.5 Å². The molecule has 1 atom stereocenters. The third-order valence-corrected chi connectivity index (χ3v) is 6.27. The molecular formula is C12H17NO4S2. The Morgan fingerprint density at radius 1 is 1.37 bits per heavy atom. The van der Waals surface area contributed by atoms with E-state index in [1.54, 1.807) is 11.4 Å². The van der Waals surface area contributed by atoms with Crippen molar-refractivity contribution in [1.82, 2.24) is 4.72 Å². The van der Waals surface area contributed by atoms with Crippen LogP contribution in [-0.2, 0) is 14.8 Å². The lowest BCUT2D eigenvalue weighted by Crippen LogP contribution is -2.46. The smallest absolute Gasteiger partial charge is 0.322 e. The molecule has 2 rings (SSSR count). The van der Waals surface area contributed by atoms with Gasteiger partial charge in [0, 0.05) is 0 Å². The summed E-state index contributed by atoms with van der Waals surface area (Å²) in [5.74, 6) is -1.20. The van der Waals surface area contributed by atoms with E-state index in [4.69, 9.17) is 0 Å². The summed E-state index contributed by atoms with van der Waals surface area (Å²) in [6.45, 7) is 0. The van der Waals surface area contributed by atoms with Crippen molar-refractivity contribution in [3.8, 4) is 0 Å². The number of sulfonamides is 1. The summed E-state index contributed by atoms with van der Waals surface area (Å²) in [4.78, 5) is 11.3. The summed E-state index contributed by atoms with van der Waals surface area (Å²) >= 11 is 1.09. The molecule has 7 heteroatoms. The number of nitrogens with one attached hydrogen (secondary N) is 1. The lowest BCUT2D eigenvalue weighted by molar-refractivity contribution is -0.140. The molecule has 0 spiro atoms. The summed E-state index contributed by atoms with van der Waals surface area (Å²) < 4.78 is 26.7. The molecule has 5 nitrogen and oxygen atoms in total. The van der Waals surface area contributed by atoms with Crippen molar-refractivity contribution in [2.45, 2.75) is 42.4 Å². The number of rotatable bonds is 5. The van der Waals surface area contributed by atoms with Crippen molar-refractivity contribution in [1.29, 1.82) is 0 Å². The predicted octanol–water partition coefficient (Wildman–Crippen LogP) is 2.06. The van der Waals surface area contributed by atoms with Gasteiger partial charge in [0.15, 0.2) is 0 Å². The van der Waals surface area contributed by atoms with E-state index in [1.807, 2.05) is 0 Å². The Bertz CT molecular complexity index is 518. The third-order valence-electron chi connectivity index (χ3n) is 3.43. The van der Waals surface area contributed by atoms with Crippen LogP contribution >= 0.6 is 11.3 Å². The molecule has 0 aromatic carbocycles. The maximum Gasteiger partial charge on any atom is 0.322 e. The molecular weight excluding hydrogens is 286 g/mol. The number of thiophene rings is 1. The highest BCUT2D eigenvalue weighted by molar-refractivity contribution is 7.91. The molecule has 1 aliphatic rings. The molecule has 0 radical (unpaired) electrons. The molecule has 1 heterocycles. The minimum atomic E-state index is -3.72. The maximum atomic E-state index is 12.1. The SMILES string of the molecule is O=C(O)C(NS(=O)(=O)c1cccs1)C1CCCCC1. The van der Waals surface area contributed by atoms with Crippen molar-refractivity contribution in [3.63, 3.8) is 0 Å². The molecule has 0 bridgehead atoms. The molecule has 1 fully saturated rings. The molecule has 0 amide bonds. The summed E-state index contributed by atoms with van der Waals surface area (Å²) in [5.41, 5.74) is 0. The van der Waals surface area contributed by atoms with Gasteiger partial charge < -0.3 is 5.11 Å². The van der Waals surface area contributed by atoms with Gasteiger partial charge in [-0.3, -0.25) is 4.79 Å². The fraction of sp³-hybridized carbons (Fsp3) is 0.583. The average molecular weight is 303 g/mol. The van der Waals surface area contributed by atoms with E-state index in [9.17, 15) is 18.3 Å². The number of aliphatic carboxylic acids is 1. The number of hydrogen-bond acceptors (Lipinski definition) is 4. The topological polar surface area (TPSA) is 83.5 Å². The van der Waals surface area contributed by atoms with Crippen molar-refractivity contribution in [2.24, 2.45) is 5.92 Å². The molecule has 19 heavy (non-hydrogen) atoms. The second-order valence-electron chi connectivity index (χ2n) is 4.77. The van der Waals surface area contributed by atoms with Crippen LogP contribution in [0.2, 0.25) is 0 Å². The van der Waals surface area contributed by atoms with E-state index >= 15 is 0 Å². The van der Waals surface area contributed by atoms with Crippen molar-refractivity contribution < 1.29 is 18.3 Å². The van der Waals surface area contributed by atoms with Gasteiger partial charge in [-0.15, -0.1) is 11.3 Å². The van der Waals surface area contributed by atoms with Gasteiger partial charge in [-0.1, -0.05) is 25.3 Å². The first-order valence-corrected chi connectivity index (χ1v) is 8.65. The van der Waals surface area contributed by atoms with E-state index < -0.39 is 22.0 Å². The zero-order valence-electron chi connectivity index (χ0n) is 10.4. The molecule has 1 aromatic rings. The second-order valence-corrected chi connectivity index (χ2v) is 7.66. The normalized spacial score (nSPS) is 19.2. The van der Waals surface area contributed by atoms with Crippen molar-refractivity contribution >= 4 is 27.3 Å². The second kappa shape index (κ2) is 6.02. The lowest BCUT2D eigenvalue weighted by atomic mass is 9.84. The molecule has 1 aliphatic carbocycles. The van der Waals surface area contributed by atoms with Crippen LogP contribution in [0.4, 0.5) is 0 Å². The molecule has 1 saturated carbocycles. The van der Waals surface area contributed by atoms with Crippen LogP contribution in [0, 0.1) is 5.92 Å². The van der Waals surface area contributed by atoms with Gasteiger partial charge in [0.05, 0.1) is 0 Å². The van der Waals surface area contributed by atoms with Crippen LogP contribution in [0.5, 0.6) is 0 Å². The van der Waals surface area contributed by atoms with Gasteiger partial charge in [-0.05, 0) is 30.2 Å². The number of carbonyl (C=O) groups is 1. The van der Waals surface area contributed by atoms with Gasteiger partial charge in [-0.25, -0.2) is 8.42 Å². The molecule has 1 aromatic heterocycles. The monoisotopic (exact) mass is 303 g/mol. The quantitative estimate of drug-likeness (QED) is 0.872. The van der Waals surface area contributed by atoms with E-state index in [2.05, 4.69) is 4.72 Å². The third kappa shape index (κ3) is 3.55. The van der Waals surface area contributed by atoms with Gasteiger partial charge in [0.1, 0.15) is 10.3 Å². The van der Waals surface area contributed by atoms with Crippen LogP contribution < -0.4 is 4.72 Å². The number of hydrogen-bond donors (Lipinski definition) is 2. The number of carboxylic acid groups (broad SMARTS) is 1. The van der Waals surface area contributed by atoms with Crippen molar-refractivity contribution in [3.05, 3.63) is 17.5 Å². The van der Waals surface area contributed by atoms with E-state index in [-0.39, 0.29) is 10.1 Å². The molecule has 0 aliphatic heterocycles. The molecule has 106 valence electrons. The summed E-state index contributed by atoms with van der Waals surface area (Å²) in [6, 6.07) is 2.09. The average Bonchev–Trinajstić information content (AvgIpc) is 2.91. The standard InChI is InChI=1S/C12H17NO4S2/c14-12(15)11(9-5-2-1-3-6-9)13-19(16,17)10-7-4-8-18-10/h4,7-9,11,13H,1-3,5-6H2,(H,14,15). The highest BCUT2D eigenvalue weighted by atomic mass is 32.2. The summed E-state index contributed by atoms with van der Waals surface area (Å²) in [7, 11) is -3.72. The van der Waals surface area contributed by atoms with Gasteiger partial charge in [0.2, 0.25) is 0 Å². The molecule has 1 unspecified atom stereocenters. The van der Waals surface area contributed by atoms with Crippen LogP contribution in [0.15, 0.2) is 21.7 Å². The molecule has 2 N–H and O–H groups in total. The Labute approximate surface area is 116 Å². The first-order valence-electron chi connectivity index (χ1n) is 6.29. The Balaban J connectivity index is 2.15. The maximum absolute atomic E-state index is 12.1. The highest BCUT2D eigenvalue weighted by Crippen LogP contribution is 2.28. The zero-order valence-corrected chi connectivity index (χ0v) is 12.0. The highest BCUT2D eigenvalue weighted by Gasteiger charge is 2.33. The van der Waals surface area contributed by atoms with E-state index in [1.165, 1.54) is 6.07 Å². The van der Waals surface area contributed by atoms with Gasteiger partial charge >= 0.3 is 5.97 Å². The van der Waals surface area contributed by atoms with Crippen LogP contribution in [0.25, 0.3) is 0 Å². The van der Waals surface area contributed by atoms with E-state index in [0.29, 0.717) is 0 Å². The first kappa shape index (κ1) is 14.5. The van der Waals surface area contributed by atoms with Crippen LogP contribution in [0.3, 0.4) is 0 Å². The zero-order chi connectivity index (χ0) is 13.9. The van der Waals surface area contributed by atoms with Crippen molar-refractivity contribution in [2.75, 3.05) is 0 Å². The molecule has 0 saturated heterocycles. The number of carboxylic acids is 1. The first-order chi connectivity index (χ1) is 9.00. The lowest BCUT2D eigenvalue weighted by Gasteiger charge is -2.27.